The molecule has 1 atom stereocenters. The zero-order chi connectivity index (χ0) is 8.91. The predicted octanol–water partition coefficient (Wildman–Crippen LogP) is 2.81. The molecule has 0 aliphatic carbocycles. The maximum absolute atomic E-state index is 9.83. The summed E-state index contributed by atoms with van der Waals surface area (Å²) in [6.45, 7) is 8.79. The second-order valence-corrected chi connectivity index (χ2v) is 8.86. The Morgan fingerprint density at radius 3 is 1.45 bits per heavy atom. The lowest BCUT2D eigenvalue weighted by Crippen LogP contribution is -2.45. The third-order valence-corrected chi connectivity index (χ3v) is 9.25. The predicted molar refractivity (Wildman–Crippen MR) is 53.5 cm³/mol. The molecule has 0 bridgehead atoms. The molecule has 0 saturated carbocycles. The Hall–Kier alpha value is 0.177. The molecule has 0 aromatic heterocycles. The highest BCUT2D eigenvalue weighted by molar-refractivity contribution is 6.80. The van der Waals surface area contributed by atoms with Crippen LogP contribution in [0, 0.1) is 0 Å². The number of hydrogen-bond acceptors (Lipinski definition) is 1. The third-order valence-electron chi connectivity index (χ3n) is 3.21. The molecule has 0 aromatic carbocycles. The minimum atomic E-state index is -1.27. The molecule has 1 nitrogen and oxygen atoms in total. The zero-order valence-electron chi connectivity index (χ0n) is 8.35. The van der Waals surface area contributed by atoms with Gasteiger partial charge in [-0.25, -0.2) is 0 Å². The van der Waals surface area contributed by atoms with E-state index >= 15 is 0 Å². The van der Waals surface area contributed by atoms with Crippen molar-refractivity contribution in [1.82, 2.24) is 0 Å². The van der Waals surface area contributed by atoms with Crippen molar-refractivity contribution in [2.24, 2.45) is 0 Å². The largest absolute Gasteiger partial charge is 0.397 e. The Balaban J connectivity index is 4.26. The molecule has 0 radical (unpaired) electrons. The van der Waals surface area contributed by atoms with Crippen molar-refractivity contribution in [3.05, 3.63) is 0 Å². The van der Waals surface area contributed by atoms with Crippen molar-refractivity contribution in [3.63, 3.8) is 0 Å². The maximum atomic E-state index is 9.83. The van der Waals surface area contributed by atoms with Crippen LogP contribution in [-0.4, -0.2) is 18.9 Å². The molecule has 0 aliphatic heterocycles. The maximum Gasteiger partial charge on any atom is 0.0864 e. The summed E-state index contributed by atoms with van der Waals surface area (Å²) >= 11 is 0. The second-order valence-electron chi connectivity index (χ2n) is 3.35. The summed E-state index contributed by atoms with van der Waals surface area (Å²) in [5.74, 6) is 0. The fourth-order valence-electron chi connectivity index (χ4n) is 1.89. The van der Waals surface area contributed by atoms with Gasteiger partial charge in [0.25, 0.3) is 0 Å². The van der Waals surface area contributed by atoms with E-state index in [-0.39, 0.29) is 5.73 Å². The lowest BCUT2D eigenvalue weighted by atomic mass is 10.5. The average molecular weight is 174 g/mol. The molecule has 0 heterocycles. The monoisotopic (exact) mass is 174 g/mol. The second kappa shape index (κ2) is 4.94. The number of aliphatic hydroxyl groups is 1. The van der Waals surface area contributed by atoms with Gasteiger partial charge in [-0.1, -0.05) is 45.8 Å². The smallest absolute Gasteiger partial charge is 0.0864 e. The Morgan fingerprint density at radius 2 is 1.36 bits per heavy atom. The summed E-state index contributed by atoms with van der Waals surface area (Å²) in [5.41, 5.74) is 0.0301. The van der Waals surface area contributed by atoms with Gasteiger partial charge in [0, 0.05) is 5.73 Å². The topological polar surface area (TPSA) is 20.2 Å². The minimum Gasteiger partial charge on any atom is -0.397 e. The summed E-state index contributed by atoms with van der Waals surface area (Å²) in [4.78, 5) is 0. The molecule has 1 N–H and O–H groups in total. The lowest BCUT2D eigenvalue weighted by molar-refractivity contribution is 0.236. The van der Waals surface area contributed by atoms with Crippen molar-refractivity contribution < 1.29 is 5.11 Å². The molecule has 0 saturated heterocycles. The van der Waals surface area contributed by atoms with Gasteiger partial charge >= 0.3 is 0 Å². The molecule has 0 rings (SSSR count). The fourth-order valence-corrected chi connectivity index (χ4v) is 5.67. The van der Waals surface area contributed by atoms with Crippen LogP contribution in [0.5, 0.6) is 0 Å². The standard InChI is InChI=1S/C9H22OSi/c1-5-9(10)11(6-2,7-3)8-4/h9-10H,5-8H2,1-4H3. The van der Waals surface area contributed by atoms with E-state index in [4.69, 9.17) is 0 Å². The molecule has 1 unspecified atom stereocenters. The SMILES string of the molecule is CCC(O)[Si](CC)(CC)CC. The van der Waals surface area contributed by atoms with E-state index in [1.54, 1.807) is 0 Å². The summed E-state index contributed by atoms with van der Waals surface area (Å²) in [6.07, 6.45) is 0.946. The van der Waals surface area contributed by atoms with Gasteiger partial charge in [0.2, 0.25) is 0 Å². The summed E-state index contributed by atoms with van der Waals surface area (Å²) in [6, 6.07) is 3.69. The van der Waals surface area contributed by atoms with E-state index < -0.39 is 8.07 Å². The first-order valence-corrected chi connectivity index (χ1v) is 7.54. The Labute approximate surface area is 71.8 Å². The van der Waals surface area contributed by atoms with Gasteiger partial charge in [0.1, 0.15) is 0 Å². The zero-order valence-corrected chi connectivity index (χ0v) is 9.35. The van der Waals surface area contributed by atoms with Gasteiger partial charge in [0.05, 0.1) is 8.07 Å². The van der Waals surface area contributed by atoms with Gasteiger partial charge in [-0.2, -0.15) is 0 Å². The highest BCUT2D eigenvalue weighted by Gasteiger charge is 2.33. The van der Waals surface area contributed by atoms with E-state index in [9.17, 15) is 5.11 Å². The first-order chi connectivity index (χ1) is 5.16. The summed E-state index contributed by atoms with van der Waals surface area (Å²) < 4.78 is 0. The van der Waals surface area contributed by atoms with Crippen molar-refractivity contribution in [3.8, 4) is 0 Å². The normalized spacial score (nSPS) is 15.0. The van der Waals surface area contributed by atoms with Gasteiger partial charge in [-0.3, -0.25) is 0 Å². The van der Waals surface area contributed by atoms with Crippen LogP contribution in [0.15, 0.2) is 0 Å². The van der Waals surface area contributed by atoms with Crippen LogP contribution in [0.2, 0.25) is 18.1 Å². The van der Waals surface area contributed by atoms with Gasteiger partial charge in [-0.15, -0.1) is 0 Å². The molecular weight excluding hydrogens is 152 g/mol. The van der Waals surface area contributed by atoms with Crippen LogP contribution in [0.3, 0.4) is 0 Å². The quantitative estimate of drug-likeness (QED) is 0.635. The van der Waals surface area contributed by atoms with Crippen LogP contribution < -0.4 is 0 Å². The Bertz CT molecular complexity index is 91.5. The fraction of sp³-hybridized carbons (Fsp3) is 1.00. The molecule has 68 valence electrons. The van der Waals surface area contributed by atoms with E-state index in [1.807, 2.05) is 0 Å². The molecule has 11 heavy (non-hydrogen) atoms. The summed E-state index contributed by atoms with van der Waals surface area (Å²) in [7, 11) is -1.27. The van der Waals surface area contributed by atoms with Crippen LogP contribution in [0.1, 0.15) is 34.1 Å². The highest BCUT2D eigenvalue weighted by Crippen LogP contribution is 2.25. The Kier molecular flexibility index (Phi) is 5.02. The van der Waals surface area contributed by atoms with Crippen LogP contribution in [0.25, 0.3) is 0 Å². The first-order valence-electron chi connectivity index (χ1n) is 4.84. The number of rotatable bonds is 5. The van der Waals surface area contributed by atoms with Crippen LogP contribution in [0.4, 0.5) is 0 Å². The average Bonchev–Trinajstić information content (AvgIpc) is 2.08. The number of hydrogen-bond donors (Lipinski definition) is 1. The molecule has 0 spiro atoms. The first kappa shape index (κ1) is 11.2. The van der Waals surface area contributed by atoms with E-state index in [2.05, 4.69) is 27.7 Å². The van der Waals surface area contributed by atoms with Crippen molar-refractivity contribution >= 4 is 8.07 Å². The van der Waals surface area contributed by atoms with Gasteiger partial charge in [-0.05, 0) is 6.42 Å². The third kappa shape index (κ3) is 2.31. The summed E-state index contributed by atoms with van der Waals surface area (Å²) in [5, 5.41) is 9.83. The van der Waals surface area contributed by atoms with Crippen molar-refractivity contribution in [2.75, 3.05) is 0 Å². The molecular formula is C9H22OSi. The van der Waals surface area contributed by atoms with Crippen molar-refractivity contribution in [1.29, 1.82) is 0 Å². The lowest BCUT2D eigenvalue weighted by Gasteiger charge is -2.32. The highest BCUT2D eigenvalue weighted by atomic mass is 28.3. The van der Waals surface area contributed by atoms with Crippen LogP contribution >= 0.6 is 0 Å². The Morgan fingerprint density at radius 1 is 1.00 bits per heavy atom. The molecule has 2 heteroatoms. The number of aliphatic hydroxyl groups excluding tert-OH is 1. The molecule has 0 fully saturated rings. The minimum absolute atomic E-state index is 0.0301. The van der Waals surface area contributed by atoms with Crippen molar-refractivity contribution in [2.45, 2.75) is 58.0 Å². The molecule has 0 aliphatic rings. The van der Waals surface area contributed by atoms with E-state index in [1.165, 1.54) is 18.1 Å². The van der Waals surface area contributed by atoms with E-state index in [0.717, 1.165) is 6.42 Å². The van der Waals surface area contributed by atoms with Gasteiger partial charge < -0.3 is 5.11 Å². The van der Waals surface area contributed by atoms with Gasteiger partial charge in [0.15, 0.2) is 0 Å². The molecule has 0 amide bonds. The van der Waals surface area contributed by atoms with E-state index in [0.29, 0.717) is 0 Å². The van der Waals surface area contributed by atoms with Crippen LogP contribution in [-0.2, 0) is 0 Å². The molecule has 0 aromatic rings.